The topological polar surface area (TPSA) is 75.3 Å². The van der Waals surface area contributed by atoms with Crippen LogP contribution in [-0.4, -0.2) is 20.5 Å². The molecule has 2 amide bonds. The molecule has 0 atom stereocenters. The van der Waals surface area contributed by atoms with E-state index in [9.17, 15) is 13.2 Å². The van der Waals surface area contributed by atoms with E-state index < -0.39 is 16.1 Å². The Balaban J connectivity index is 1.90. The number of nitrogens with one attached hydrogen (secondary N) is 2. The number of hydrogen-bond acceptors (Lipinski definition) is 3. The Morgan fingerprint density at radius 3 is 2.39 bits per heavy atom. The van der Waals surface area contributed by atoms with E-state index in [0.717, 1.165) is 31.2 Å². The molecule has 0 aromatic heterocycles. The SMILES string of the molecule is Cc1cccc(S(=O)(=O)NC(=O)NC2CCC(C(C)C)CC2)c1. The molecule has 1 saturated carbocycles. The summed E-state index contributed by atoms with van der Waals surface area (Å²) in [5.41, 5.74) is 0.834. The normalized spacial score (nSPS) is 21.9. The lowest BCUT2D eigenvalue weighted by molar-refractivity contribution is 0.219. The molecule has 1 aliphatic carbocycles. The summed E-state index contributed by atoms with van der Waals surface area (Å²) < 4.78 is 26.5. The van der Waals surface area contributed by atoms with Crippen LogP contribution in [0.25, 0.3) is 0 Å². The second-order valence-corrected chi connectivity index (χ2v) is 8.43. The van der Waals surface area contributed by atoms with Gasteiger partial charge in [-0.25, -0.2) is 17.9 Å². The minimum absolute atomic E-state index is 0.0534. The van der Waals surface area contributed by atoms with Crippen molar-refractivity contribution in [2.45, 2.75) is 57.4 Å². The van der Waals surface area contributed by atoms with Crippen LogP contribution >= 0.6 is 0 Å². The molecule has 1 fully saturated rings. The van der Waals surface area contributed by atoms with Crippen molar-refractivity contribution in [2.75, 3.05) is 0 Å². The van der Waals surface area contributed by atoms with Crippen molar-refractivity contribution in [3.8, 4) is 0 Å². The maximum absolute atomic E-state index is 12.2. The number of aryl methyl sites for hydroxylation is 1. The van der Waals surface area contributed by atoms with E-state index >= 15 is 0 Å². The molecular formula is C17H26N2O3S. The van der Waals surface area contributed by atoms with Crippen LogP contribution in [0.15, 0.2) is 29.2 Å². The lowest BCUT2D eigenvalue weighted by Crippen LogP contribution is -2.45. The monoisotopic (exact) mass is 338 g/mol. The highest BCUT2D eigenvalue weighted by atomic mass is 32.2. The summed E-state index contributed by atoms with van der Waals surface area (Å²) in [6.45, 7) is 6.26. The summed E-state index contributed by atoms with van der Waals surface area (Å²) in [6.07, 6.45) is 3.96. The summed E-state index contributed by atoms with van der Waals surface area (Å²) in [4.78, 5) is 12.1. The van der Waals surface area contributed by atoms with E-state index in [2.05, 4.69) is 23.9 Å². The minimum atomic E-state index is -3.82. The number of urea groups is 1. The summed E-state index contributed by atoms with van der Waals surface area (Å²) in [5, 5.41) is 2.79. The second-order valence-electron chi connectivity index (χ2n) is 6.75. The van der Waals surface area contributed by atoms with Crippen LogP contribution < -0.4 is 10.0 Å². The highest BCUT2D eigenvalue weighted by molar-refractivity contribution is 7.90. The Labute approximate surface area is 138 Å². The predicted molar refractivity (Wildman–Crippen MR) is 90.6 cm³/mol. The molecule has 0 spiro atoms. The van der Waals surface area contributed by atoms with Crippen LogP contribution in [0.1, 0.15) is 45.1 Å². The molecule has 0 saturated heterocycles. The van der Waals surface area contributed by atoms with Gasteiger partial charge in [-0.3, -0.25) is 0 Å². The smallest absolute Gasteiger partial charge is 0.328 e. The van der Waals surface area contributed by atoms with Crippen LogP contribution in [0.5, 0.6) is 0 Å². The molecule has 0 aliphatic heterocycles. The number of hydrogen-bond donors (Lipinski definition) is 2. The van der Waals surface area contributed by atoms with Gasteiger partial charge in [-0.15, -0.1) is 0 Å². The molecule has 23 heavy (non-hydrogen) atoms. The summed E-state index contributed by atoms with van der Waals surface area (Å²) in [7, 11) is -3.82. The molecule has 6 heteroatoms. The molecule has 1 aromatic rings. The quantitative estimate of drug-likeness (QED) is 0.885. The number of sulfonamides is 1. The molecule has 0 heterocycles. The van der Waals surface area contributed by atoms with E-state index in [1.54, 1.807) is 12.1 Å². The van der Waals surface area contributed by atoms with Crippen molar-refractivity contribution in [3.63, 3.8) is 0 Å². The first-order valence-corrected chi connectivity index (χ1v) is 9.66. The fourth-order valence-corrected chi connectivity index (χ4v) is 4.13. The molecule has 0 bridgehead atoms. The Kier molecular flexibility index (Phi) is 5.68. The van der Waals surface area contributed by atoms with Crippen LogP contribution in [0.2, 0.25) is 0 Å². The zero-order valence-corrected chi connectivity index (χ0v) is 14.8. The molecule has 0 unspecified atom stereocenters. The van der Waals surface area contributed by atoms with Crippen molar-refractivity contribution < 1.29 is 13.2 Å². The van der Waals surface area contributed by atoms with E-state index in [0.29, 0.717) is 11.8 Å². The van der Waals surface area contributed by atoms with Gasteiger partial charge in [0.2, 0.25) is 0 Å². The molecule has 2 N–H and O–H groups in total. The zero-order chi connectivity index (χ0) is 17.0. The van der Waals surface area contributed by atoms with Gasteiger partial charge in [0.05, 0.1) is 4.90 Å². The first-order chi connectivity index (χ1) is 10.8. The maximum atomic E-state index is 12.2. The van der Waals surface area contributed by atoms with Gasteiger partial charge in [-0.05, 0) is 62.1 Å². The van der Waals surface area contributed by atoms with Crippen molar-refractivity contribution in [1.29, 1.82) is 0 Å². The minimum Gasteiger partial charge on any atom is -0.335 e. The van der Waals surface area contributed by atoms with Gasteiger partial charge in [-0.2, -0.15) is 0 Å². The van der Waals surface area contributed by atoms with Crippen molar-refractivity contribution >= 4 is 16.1 Å². The van der Waals surface area contributed by atoms with Gasteiger partial charge >= 0.3 is 6.03 Å². The summed E-state index contributed by atoms with van der Waals surface area (Å²) >= 11 is 0. The van der Waals surface area contributed by atoms with Crippen LogP contribution in [0, 0.1) is 18.8 Å². The maximum Gasteiger partial charge on any atom is 0.328 e. The average Bonchev–Trinajstić information content (AvgIpc) is 2.47. The van der Waals surface area contributed by atoms with Crippen LogP contribution in [0.4, 0.5) is 4.79 Å². The van der Waals surface area contributed by atoms with E-state index in [1.807, 2.05) is 13.0 Å². The average molecular weight is 338 g/mol. The molecule has 1 aliphatic rings. The third kappa shape index (κ3) is 4.96. The van der Waals surface area contributed by atoms with E-state index in [-0.39, 0.29) is 10.9 Å². The Morgan fingerprint density at radius 1 is 1.17 bits per heavy atom. The van der Waals surface area contributed by atoms with Crippen molar-refractivity contribution in [3.05, 3.63) is 29.8 Å². The molecule has 0 radical (unpaired) electrons. The van der Waals surface area contributed by atoms with Crippen molar-refractivity contribution in [2.24, 2.45) is 11.8 Å². The zero-order valence-electron chi connectivity index (χ0n) is 14.0. The Bertz CT molecular complexity index is 648. The van der Waals surface area contributed by atoms with Crippen LogP contribution in [0.3, 0.4) is 0 Å². The predicted octanol–water partition coefficient (Wildman–Crippen LogP) is 3.20. The van der Waals surface area contributed by atoms with Gasteiger partial charge in [0.15, 0.2) is 0 Å². The number of carbonyl (C=O) groups excluding carboxylic acids is 1. The number of benzene rings is 1. The fraction of sp³-hybridized carbons (Fsp3) is 0.588. The molecule has 5 nitrogen and oxygen atoms in total. The van der Waals surface area contributed by atoms with Gasteiger partial charge in [0, 0.05) is 6.04 Å². The summed E-state index contributed by atoms with van der Waals surface area (Å²) in [5.74, 6) is 1.36. The van der Waals surface area contributed by atoms with E-state index in [1.165, 1.54) is 6.07 Å². The summed E-state index contributed by atoms with van der Waals surface area (Å²) in [6, 6.07) is 5.92. The fourth-order valence-electron chi connectivity index (χ4n) is 3.11. The first kappa shape index (κ1) is 17.8. The Morgan fingerprint density at radius 2 is 1.83 bits per heavy atom. The van der Waals surface area contributed by atoms with E-state index in [4.69, 9.17) is 0 Å². The van der Waals surface area contributed by atoms with Crippen molar-refractivity contribution in [1.82, 2.24) is 10.0 Å². The van der Waals surface area contributed by atoms with Gasteiger partial charge in [0.25, 0.3) is 10.0 Å². The third-order valence-electron chi connectivity index (χ3n) is 4.58. The van der Waals surface area contributed by atoms with Crippen LogP contribution in [-0.2, 0) is 10.0 Å². The molecule has 128 valence electrons. The van der Waals surface area contributed by atoms with Gasteiger partial charge in [0.1, 0.15) is 0 Å². The molecule has 1 aromatic carbocycles. The molecule has 2 rings (SSSR count). The Hall–Kier alpha value is -1.56. The number of rotatable bonds is 4. The number of carbonyl (C=O) groups is 1. The lowest BCUT2D eigenvalue weighted by atomic mass is 9.80. The standard InChI is InChI=1S/C17H26N2O3S/c1-12(2)14-7-9-15(10-8-14)18-17(20)19-23(21,22)16-6-4-5-13(3)11-16/h4-6,11-12,14-15H,7-10H2,1-3H3,(H2,18,19,20). The highest BCUT2D eigenvalue weighted by Gasteiger charge is 2.25. The first-order valence-electron chi connectivity index (χ1n) is 8.18. The van der Waals surface area contributed by atoms with Gasteiger partial charge < -0.3 is 5.32 Å². The third-order valence-corrected chi connectivity index (χ3v) is 5.91. The van der Waals surface area contributed by atoms with Gasteiger partial charge in [-0.1, -0.05) is 26.0 Å². The molecular weight excluding hydrogens is 312 g/mol. The highest BCUT2D eigenvalue weighted by Crippen LogP contribution is 2.29. The largest absolute Gasteiger partial charge is 0.335 e. The lowest BCUT2D eigenvalue weighted by Gasteiger charge is -2.31. The number of amides is 2. The second kappa shape index (κ2) is 7.34.